The lowest BCUT2D eigenvalue weighted by Gasteiger charge is -2.41. The molecule has 0 aliphatic carbocycles. The molecule has 2 aliphatic rings. The molecule has 2 aliphatic heterocycles. The van der Waals surface area contributed by atoms with Gasteiger partial charge in [0, 0.05) is 18.6 Å². The Morgan fingerprint density at radius 3 is 2.44 bits per heavy atom. The van der Waals surface area contributed by atoms with E-state index < -0.39 is 0 Å². The van der Waals surface area contributed by atoms with Crippen molar-refractivity contribution in [1.29, 1.82) is 0 Å². The van der Waals surface area contributed by atoms with Gasteiger partial charge in [0.15, 0.2) is 0 Å². The molecule has 3 nitrogen and oxygen atoms in total. The summed E-state index contributed by atoms with van der Waals surface area (Å²) in [6, 6.07) is 0. The molecule has 1 amide bonds. The van der Waals surface area contributed by atoms with Gasteiger partial charge < -0.3 is 10.2 Å². The second kappa shape index (κ2) is 4.02. The van der Waals surface area contributed by atoms with Crippen LogP contribution in [0.1, 0.15) is 46.5 Å². The Kier molecular flexibility index (Phi) is 2.99. The molecule has 3 heteroatoms. The predicted octanol–water partition coefficient (Wildman–Crippen LogP) is 1.78. The average Bonchev–Trinajstić information content (AvgIpc) is 2.58. The number of piperidine rings is 1. The van der Waals surface area contributed by atoms with Crippen LogP contribution in [-0.2, 0) is 4.79 Å². The molecule has 2 fully saturated rings. The van der Waals surface area contributed by atoms with Crippen molar-refractivity contribution in [3.63, 3.8) is 0 Å². The van der Waals surface area contributed by atoms with E-state index in [-0.39, 0.29) is 11.0 Å². The maximum Gasteiger partial charge on any atom is 0.230 e. The molecule has 0 spiro atoms. The fourth-order valence-corrected chi connectivity index (χ4v) is 3.05. The molecule has 92 valence electrons. The van der Waals surface area contributed by atoms with Gasteiger partial charge in [-0.1, -0.05) is 0 Å². The van der Waals surface area contributed by atoms with Crippen molar-refractivity contribution in [2.45, 2.75) is 52.0 Å². The van der Waals surface area contributed by atoms with Gasteiger partial charge in [0.25, 0.3) is 0 Å². The number of rotatable bonds is 1. The molecule has 0 aromatic rings. The molecule has 0 aromatic heterocycles. The summed E-state index contributed by atoms with van der Waals surface area (Å²) in [7, 11) is 0. The lowest BCUT2D eigenvalue weighted by molar-refractivity contribution is -0.145. The molecule has 2 heterocycles. The van der Waals surface area contributed by atoms with E-state index in [1.165, 1.54) is 0 Å². The first kappa shape index (κ1) is 11.9. The van der Waals surface area contributed by atoms with Crippen LogP contribution in [0.4, 0.5) is 0 Å². The Bertz CT molecular complexity index is 280. The average molecular weight is 224 g/mol. The number of hydrogen-bond donors (Lipinski definition) is 1. The van der Waals surface area contributed by atoms with Gasteiger partial charge in [0.1, 0.15) is 0 Å². The zero-order chi connectivity index (χ0) is 11.8. The SMILES string of the molecule is CC1(C(=O)N2CCCC2(C)C)CCCNC1. The summed E-state index contributed by atoms with van der Waals surface area (Å²) in [6.45, 7) is 9.36. The first-order valence-electron chi connectivity index (χ1n) is 6.49. The third kappa shape index (κ3) is 1.97. The first-order chi connectivity index (χ1) is 7.46. The van der Waals surface area contributed by atoms with Crippen LogP contribution >= 0.6 is 0 Å². The molecule has 1 N–H and O–H groups in total. The zero-order valence-electron chi connectivity index (χ0n) is 10.8. The molecular formula is C13H24N2O. The van der Waals surface area contributed by atoms with Crippen LogP contribution in [0.5, 0.6) is 0 Å². The van der Waals surface area contributed by atoms with E-state index in [2.05, 4.69) is 31.0 Å². The minimum Gasteiger partial charge on any atom is -0.337 e. The Balaban J connectivity index is 2.12. The van der Waals surface area contributed by atoms with Crippen molar-refractivity contribution in [1.82, 2.24) is 10.2 Å². The van der Waals surface area contributed by atoms with E-state index in [1.54, 1.807) is 0 Å². The summed E-state index contributed by atoms with van der Waals surface area (Å²) in [4.78, 5) is 14.7. The fraction of sp³-hybridized carbons (Fsp3) is 0.923. The summed E-state index contributed by atoms with van der Waals surface area (Å²) in [5, 5.41) is 3.36. The Hall–Kier alpha value is -0.570. The largest absolute Gasteiger partial charge is 0.337 e. The van der Waals surface area contributed by atoms with Crippen LogP contribution in [-0.4, -0.2) is 36.0 Å². The number of carbonyl (C=O) groups excluding carboxylic acids is 1. The van der Waals surface area contributed by atoms with Crippen molar-refractivity contribution in [3.05, 3.63) is 0 Å². The van der Waals surface area contributed by atoms with Crippen LogP contribution < -0.4 is 5.32 Å². The van der Waals surface area contributed by atoms with Crippen LogP contribution in [0.25, 0.3) is 0 Å². The van der Waals surface area contributed by atoms with Gasteiger partial charge in [0.05, 0.1) is 5.41 Å². The van der Waals surface area contributed by atoms with Gasteiger partial charge in [-0.15, -0.1) is 0 Å². The van der Waals surface area contributed by atoms with Crippen LogP contribution in [0, 0.1) is 5.41 Å². The summed E-state index contributed by atoms with van der Waals surface area (Å²) >= 11 is 0. The highest BCUT2D eigenvalue weighted by atomic mass is 16.2. The van der Waals surface area contributed by atoms with E-state index in [4.69, 9.17) is 0 Å². The number of nitrogens with one attached hydrogen (secondary N) is 1. The highest BCUT2D eigenvalue weighted by molar-refractivity contribution is 5.83. The standard InChI is InChI=1S/C13H24N2O/c1-12(2)6-5-9-15(12)11(16)13(3)7-4-8-14-10-13/h14H,4-10H2,1-3H3. The third-order valence-electron chi connectivity index (χ3n) is 4.26. The molecule has 0 radical (unpaired) electrons. The summed E-state index contributed by atoms with van der Waals surface area (Å²) in [5.41, 5.74) is -0.0998. The van der Waals surface area contributed by atoms with Crippen molar-refractivity contribution < 1.29 is 4.79 Å². The number of likely N-dealkylation sites (tertiary alicyclic amines) is 1. The van der Waals surface area contributed by atoms with Crippen molar-refractivity contribution in [3.8, 4) is 0 Å². The van der Waals surface area contributed by atoms with Crippen LogP contribution in [0.2, 0.25) is 0 Å². The maximum absolute atomic E-state index is 12.6. The van der Waals surface area contributed by atoms with Crippen molar-refractivity contribution >= 4 is 5.91 Å². The lowest BCUT2D eigenvalue weighted by Crippen LogP contribution is -2.54. The second-order valence-corrected chi connectivity index (χ2v) is 6.21. The molecule has 0 saturated carbocycles. The summed E-state index contributed by atoms with van der Waals surface area (Å²) < 4.78 is 0. The van der Waals surface area contributed by atoms with Gasteiger partial charge in [0.2, 0.25) is 5.91 Å². The van der Waals surface area contributed by atoms with Crippen LogP contribution in [0.3, 0.4) is 0 Å². The number of carbonyl (C=O) groups is 1. The monoisotopic (exact) mass is 224 g/mol. The molecule has 2 rings (SSSR count). The molecule has 2 saturated heterocycles. The normalized spacial score (nSPS) is 34.1. The number of amides is 1. The molecule has 16 heavy (non-hydrogen) atoms. The summed E-state index contributed by atoms with van der Waals surface area (Å²) in [6.07, 6.45) is 4.45. The molecule has 0 bridgehead atoms. The maximum atomic E-state index is 12.6. The van der Waals surface area contributed by atoms with E-state index in [9.17, 15) is 4.79 Å². The van der Waals surface area contributed by atoms with Gasteiger partial charge in [-0.25, -0.2) is 0 Å². The third-order valence-corrected chi connectivity index (χ3v) is 4.26. The van der Waals surface area contributed by atoms with Gasteiger partial charge >= 0.3 is 0 Å². The fourth-order valence-electron chi connectivity index (χ4n) is 3.05. The van der Waals surface area contributed by atoms with Gasteiger partial charge in [-0.3, -0.25) is 4.79 Å². The smallest absolute Gasteiger partial charge is 0.230 e. The van der Waals surface area contributed by atoms with Crippen LogP contribution in [0.15, 0.2) is 0 Å². The van der Waals surface area contributed by atoms with E-state index >= 15 is 0 Å². The van der Waals surface area contributed by atoms with E-state index in [0.717, 1.165) is 45.3 Å². The Labute approximate surface area is 98.6 Å². The van der Waals surface area contributed by atoms with Gasteiger partial charge in [-0.05, 0) is 53.0 Å². The predicted molar refractivity (Wildman–Crippen MR) is 65.2 cm³/mol. The van der Waals surface area contributed by atoms with E-state index in [1.807, 2.05) is 0 Å². The minimum atomic E-state index is -0.167. The first-order valence-corrected chi connectivity index (χ1v) is 6.49. The lowest BCUT2D eigenvalue weighted by atomic mass is 9.80. The Morgan fingerprint density at radius 1 is 1.19 bits per heavy atom. The highest BCUT2D eigenvalue weighted by Gasteiger charge is 2.44. The van der Waals surface area contributed by atoms with Gasteiger partial charge in [-0.2, -0.15) is 0 Å². The molecule has 1 atom stereocenters. The minimum absolute atomic E-state index is 0.0670. The summed E-state index contributed by atoms with van der Waals surface area (Å²) in [5.74, 6) is 0.363. The number of nitrogens with zero attached hydrogens (tertiary/aromatic N) is 1. The molecule has 1 unspecified atom stereocenters. The second-order valence-electron chi connectivity index (χ2n) is 6.21. The Morgan fingerprint density at radius 2 is 1.94 bits per heavy atom. The van der Waals surface area contributed by atoms with Crippen molar-refractivity contribution in [2.24, 2.45) is 5.41 Å². The molecule has 0 aromatic carbocycles. The quantitative estimate of drug-likeness (QED) is 0.736. The topological polar surface area (TPSA) is 32.3 Å². The highest BCUT2D eigenvalue weighted by Crippen LogP contribution is 2.35. The molecular weight excluding hydrogens is 200 g/mol. The zero-order valence-corrected chi connectivity index (χ0v) is 10.8. The van der Waals surface area contributed by atoms with E-state index in [0.29, 0.717) is 5.91 Å². The number of hydrogen-bond acceptors (Lipinski definition) is 2. The van der Waals surface area contributed by atoms with Crippen molar-refractivity contribution in [2.75, 3.05) is 19.6 Å².